The number of amides is 2. The van der Waals surface area contributed by atoms with E-state index in [1.807, 2.05) is 19.1 Å². The Bertz CT molecular complexity index is 1080. The van der Waals surface area contributed by atoms with Gasteiger partial charge in [-0.25, -0.2) is 9.78 Å². The lowest BCUT2D eigenvalue weighted by Gasteiger charge is -2.29. The maximum Gasteiger partial charge on any atom is 0.322 e. The molecule has 7 nitrogen and oxygen atoms in total. The summed E-state index contributed by atoms with van der Waals surface area (Å²) < 4.78 is 6.79. The second kappa shape index (κ2) is 9.73. The van der Waals surface area contributed by atoms with Crippen LogP contribution < -0.4 is 10.9 Å². The summed E-state index contributed by atoms with van der Waals surface area (Å²) in [5.41, 5.74) is 1.10. The van der Waals surface area contributed by atoms with Crippen molar-refractivity contribution in [2.45, 2.75) is 25.9 Å². The van der Waals surface area contributed by atoms with Gasteiger partial charge in [-0.05, 0) is 42.8 Å². The molecule has 2 amide bonds. The monoisotopic (exact) mass is 428 g/mol. The summed E-state index contributed by atoms with van der Waals surface area (Å²) in [7, 11) is 3.28. The number of nitrogens with one attached hydrogen (secondary N) is 1. The summed E-state index contributed by atoms with van der Waals surface area (Å²) in [4.78, 5) is 32.3. The Kier molecular flexibility index (Phi) is 7.07. The number of nitrogens with zero attached hydrogens (tertiary/aromatic N) is 3. The zero-order valence-corrected chi connectivity index (χ0v) is 18.0. The van der Waals surface area contributed by atoms with E-state index in [1.54, 1.807) is 60.0 Å². The zero-order valence-electron chi connectivity index (χ0n) is 17.3. The van der Waals surface area contributed by atoms with Crippen molar-refractivity contribution in [3.05, 3.63) is 69.7 Å². The fourth-order valence-electron chi connectivity index (χ4n) is 3.35. The Hall–Kier alpha value is -2.90. The van der Waals surface area contributed by atoms with Gasteiger partial charge >= 0.3 is 6.03 Å². The molecule has 1 aromatic heterocycles. The number of ether oxygens (including phenoxy) is 1. The molecule has 1 atom stereocenters. The van der Waals surface area contributed by atoms with Crippen molar-refractivity contribution < 1.29 is 9.53 Å². The van der Waals surface area contributed by atoms with Gasteiger partial charge < -0.3 is 15.0 Å². The van der Waals surface area contributed by atoms with E-state index in [-0.39, 0.29) is 11.6 Å². The summed E-state index contributed by atoms with van der Waals surface area (Å²) in [5, 5.41) is 3.99. The van der Waals surface area contributed by atoms with Gasteiger partial charge in [0, 0.05) is 24.9 Å². The number of methoxy groups -OCH3 is 1. The Morgan fingerprint density at radius 1 is 1.23 bits per heavy atom. The van der Waals surface area contributed by atoms with Gasteiger partial charge in [0.25, 0.3) is 5.56 Å². The maximum atomic E-state index is 13.1. The van der Waals surface area contributed by atoms with E-state index in [9.17, 15) is 9.59 Å². The lowest BCUT2D eigenvalue weighted by Crippen LogP contribution is -2.39. The van der Waals surface area contributed by atoms with Crippen LogP contribution in [0.4, 0.5) is 10.5 Å². The molecule has 8 heteroatoms. The molecule has 0 fully saturated rings. The Labute approximate surface area is 180 Å². The highest BCUT2D eigenvalue weighted by atomic mass is 35.5. The van der Waals surface area contributed by atoms with Crippen molar-refractivity contribution in [2.75, 3.05) is 26.1 Å². The predicted molar refractivity (Wildman–Crippen MR) is 119 cm³/mol. The second-order valence-electron chi connectivity index (χ2n) is 6.91. The lowest BCUT2D eigenvalue weighted by molar-refractivity contribution is 0.177. The molecule has 0 aliphatic rings. The van der Waals surface area contributed by atoms with Gasteiger partial charge in [0.2, 0.25) is 0 Å². The van der Waals surface area contributed by atoms with Gasteiger partial charge in [-0.3, -0.25) is 9.36 Å². The highest BCUT2D eigenvalue weighted by Gasteiger charge is 2.26. The van der Waals surface area contributed by atoms with Crippen molar-refractivity contribution in [2.24, 2.45) is 0 Å². The highest BCUT2D eigenvalue weighted by Crippen LogP contribution is 2.24. The first-order valence-electron chi connectivity index (χ1n) is 9.74. The number of urea groups is 1. The van der Waals surface area contributed by atoms with Gasteiger partial charge in [0.15, 0.2) is 0 Å². The molecule has 0 bridgehead atoms. The minimum Gasteiger partial charge on any atom is -0.383 e. The number of benzene rings is 2. The first kappa shape index (κ1) is 21.8. The Morgan fingerprint density at radius 3 is 2.60 bits per heavy atom. The predicted octanol–water partition coefficient (Wildman–Crippen LogP) is 4.31. The smallest absolute Gasteiger partial charge is 0.322 e. The fourth-order valence-corrected chi connectivity index (χ4v) is 3.48. The van der Waals surface area contributed by atoms with Gasteiger partial charge in [0.05, 0.1) is 30.1 Å². The molecule has 0 aliphatic heterocycles. The van der Waals surface area contributed by atoms with Crippen molar-refractivity contribution >= 4 is 34.2 Å². The zero-order chi connectivity index (χ0) is 21.7. The van der Waals surface area contributed by atoms with Gasteiger partial charge in [-0.2, -0.15) is 0 Å². The number of hydrogen-bond acceptors (Lipinski definition) is 4. The highest BCUT2D eigenvalue weighted by molar-refractivity contribution is 6.30. The minimum atomic E-state index is -0.397. The summed E-state index contributed by atoms with van der Waals surface area (Å²) in [5.74, 6) is 0.534. The Balaban J connectivity index is 1.98. The average molecular weight is 429 g/mol. The third-order valence-electron chi connectivity index (χ3n) is 4.98. The van der Waals surface area contributed by atoms with Crippen LogP contribution in [0, 0.1) is 0 Å². The second-order valence-corrected chi connectivity index (χ2v) is 7.35. The molecule has 0 spiro atoms. The van der Waals surface area contributed by atoms with E-state index in [1.165, 1.54) is 0 Å². The van der Waals surface area contributed by atoms with Crippen LogP contribution in [0.1, 0.15) is 25.2 Å². The fraction of sp³-hybridized carbons (Fsp3) is 0.318. The van der Waals surface area contributed by atoms with E-state index in [4.69, 9.17) is 21.3 Å². The topological polar surface area (TPSA) is 76.5 Å². The number of para-hydroxylation sites is 1. The summed E-state index contributed by atoms with van der Waals surface area (Å²) in [6.07, 6.45) is 0.586. The molecule has 0 saturated carbocycles. The van der Waals surface area contributed by atoms with E-state index in [0.717, 1.165) is 0 Å². The summed E-state index contributed by atoms with van der Waals surface area (Å²) >= 11 is 5.91. The molecule has 3 aromatic rings. The number of carbonyl (C=O) groups is 1. The largest absolute Gasteiger partial charge is 0.383 e. The van der Waals surface area contributed by atoms with Gasteiger partial charge in [-0.15, -0.1) is 0 Å². The molecule has 0 aliphatic carbocycles. The number of aromatic nitrogens is 2. The van der Waals surface area contributed by atoms with Crippen molar-refractivity contribution in [3.63, 3.8) is 0 Å². The maximum absolute atomic E-state index is 13.1. The molecular weight excluding hydrogens is 404 g/mol. The van der Waals surface area contributed by atoms with Crippen LogP contribution in [0.15, 0.2) is 53.3 Å². The SMILES string of the molecule is CCC(c1nc2ccccc2c(=O)n1CCOC)N(C)C(=O)Nc1ccc(Cl)cc1. The van der Waals surface area contributed by atoms with E-state index >= 15 is 0 Å². The van der Waals surface area contributed by atoms with Crippen LogP contribution >= 0.6 is 11.6 Å². The van der Waals surface area contributed by atoms with Crippen LogP contribution in [0.5, 0.6) is 0 Å². The van der Waals surface area contributed by atoms with Crippen LogP contribution in [0.3, 0.4) is 0 Å². The van der Waals surface area contributed by atoms with Crippen molar-refractivity contribution in [3.8, 4) is 0 Å². The molecule has 2 aromatic carbocycles. The molecule has 158 valence electrons. The molecule has 1 N–H and O–H groups in total. The summed E-state index contributed by atoms with van der Waals surface area (Å²) in [6.45, 7) is 2.68. The first-order chi connectivity index (χ1) is 14.5. The molecule has 30 heavy (non-hydrogen) atoms. The van der Waals surface area contributed by atoms with Crippen molar-refractivity contribution in [1.82, 2.24) is 14.5 Å². The number of halogens is 1. The molecular formula is C22H25ClN4O3. The quantitative estimate of drug-likeness (QED) is 0.608. The number of fused-ring (bicyclic) bond motifs is 1. The van der Waals surface area contributed by atoms with E-state index < -0.39 is 6.04 Å². The van der Waals surface area contributed by atoms with Crippen LogP contribution in [-0.2, 0) is 11.3 Å². The number of carbonyl (C=O) groups excluding carboxylic acids is 1. The number of hydrogen-bond donors (Lipinski definition) is 1. The standard InChI is InChI=1S/C22H25ClN4O3/c1-4-19(26(2)22(29)24-16-11-9-15(23)10-12-16)20-25-18-8-6-5-7-17(18)21(28)27(20)13-14-30-3/h5-12,19H,4,13-14H2,1-3H3,(H,24,29). The van der Waals surface area contributed by atoms with Crippen LogP contribution in [-0.4, -0.2) is 41.2 Å². The average Bonchev–Trinajstić information content (AvgIpc) is 2.75. The van der Waals surface area contributed by atoms with Crippen LogP contribution in [0.2, 0.25) is 5.02 Å². The normalized spacial score (nSPS) is 12.0. The first-order valence-corrected chi connectivity index (χ1v) is 10.1. The number of rotatable bonds is 7. The molecule has 1 unspecified atom stereocenters. The molecule has 1 heterocycles. The lowest BCUT2D eigenvalue weighted by atomic mass is 10.1. The van der Waals surface area contributed by atoms with Crippen LogP contribution in [0.25, 0.3) is 10.9 Å². The minimum absolute atomic E-state index is 0.141. The van der Waals surface area contributed by atoms with E-state index in [0.29, 0.717) is 47.0 Å². The molecule has 0 radical (unpaired) electrons. The molecule has 3 rings (SSSR count). The Morgan fingerprint density at radius 2 is 1.93 bits per heavy atom. The van der Waals surface area contributed by atoms with Gasteiger partial charge in [0.1, 0.15) is 5.82 Å². The third kappa shape index (κ3) is 4.63. The number of anilines is 1. The summed E-state index contributed by atoms with van der Waals surface area (Å²) in [6, 6.07) is 13.4. The third-order valence-corrected chi connectivity index (χ3v) is 5.23. The van der Waals surface area contributed by atoms with Crippen molar-refractivity contribution in [1.29, 1.82) is 0 Å². The van der Waals surface area contributed by atoms with E-state index in [2.05, 4.69) is 5.32 Å². The van der Waals surface area contributed by atoms with Gasteiger partial charge in [-0.1, -0.05) is 30.7 Å². The molecule has 0 saturated heterocycles.